The van der Waals surface area contributed by atoms with E-state index in [1.807, 2.05) is 32.9 Å². The van der Waals surface area contributed by atoms with E-state index in [9.17, 15) is 0 Å². The van der Waals surface area contributed by atoms with Gasteiger partial charge in [0.25, 0.3) is 0 Å². The molecule has 0 aliphatic carbocycles. The van der Waals surface area contributed by atoms with Crippen LogP contribution in [0.1, 0.15) is 25.8 Å². The van der Waals surface area contributed by atoms with Gasteiger partial charge in [-0.2, -0.15) is 0 Å². The molecule has 0 radical (unpaired) electrons. The molecule has 0 saturated heterocycles. The zero-order chi connectivity index (χ0) is 14.3. The Balaban J connectivity index is 2.50. The largest absolute Gasteiger partial charge is 0.384 e. The lowest BCUT2D eigenvalue weighted by atomic mass is 10.2. The van der Waals surface area contributed by atoms with Crippen LogP contribution in [0.5, 0.6) is 0 Å². The van der Waals surface area contributed by atoms with E-state index in [4.69, 9.17) is 21.1 Å². The van der Waals surface area contributed by atoms with Crippen molar-refractivity contribution in [2.75, 3.05) is 25.1 Å². The summed E-state index contributed by atoms with van der Waals surface area (Å²) in [5.74, 6) is 0. The minimum Gasteiger partial charge on any atom is -0.384 e. The van der Waals surface area contributed by atoms with Gasteiger partial charge in [-0.25, -0.2) is 0 Å². The van der Waals surface area contributed by atoms with E-state index in [0.29, 0.717) is 13.2 Å². The number of ether oxygens (including phenoxy) is 2. The number of halogens is 2. The van der Waals surface area contributed by atoms with Crippen LogP contribution in [-0.4, -0.2) is 26.0 Å². The maximum Gasteiger partial charge on any atom is 0.159 e. The van der Waals surface area contributed by atoms with E-state index >= 15 is 0 Å². The number of nitrogens with one attached hydrogen (secondary N) is 1. The summed E-state index contributed by atoms with van der Waals surface area (Å²) in [5.41, 5.74) is 2.04. The highest BCUT2D eigenvalue weighted by atomic mass is 79.9. The number of benzene rings is 1. The average molecular weight is 351 g/mol. The molecule has 0 heterocycles. The third-order valence-electron chi connectivity index (χ3n) is 2.65. The van der Waals surface area contributed by atoms with Crippen molar-refractivity contribution in [3.05, 3.63) is 27.2 Å². The first-order valence-corrected chi connectivity index (χ1v) is 7.68. The van der Waals surface area contributed by atoms with Gasteiger partial charge in [-0.3, -0.25) is 0 Å². The van der Waals surface area contributed by atoms with E-state index in [0.717, 1.165) is 33.7 Å². The van der Waals surface area contributed by atoms with E-state index in [-0.39, 0.29) is 6.29 Å². The summed E-state index contributed by atoms with van der Waals surface area (Å²) in [6.45, 7) is 8.00. The second-order valence-electron chi connectivity index (χ2n) is 4.14. The predicted molar refractivity (Wildman–Crippen MR) is 84.0 cm³/mol. The summed E-state index contributed by atoms with van der Waals surface area (Å²) in [7, 11) is 0. The number of rotatable bonds is 8. The zero-order valence-electron chi connectivity index (χ0n) is 11.6. The summed E-state index contributed by atoms with van der Waals surface area (Å²) in [5, 5.41) is 4.10. The van der Waals surface area contributed by atoms with Crippen LogP contribution in [0.4, 0.5) is 5.69 Å². The van der Waals surface area contributed by atoms with Crippen LogP contribution in [0.15, 0.2) is 16.6 Å². The quantitative estimate of drug-likeness (QED) is 0.694. The van der Waals surface area contributed by atoms with Gasteiger partial charge in [0.1, 0.15) is 0 Å². The number of anilines is 1. The van der Waals surface area contributed by atoms with E-state index in [1.54, 1.807) is 0 Å². The fourth-order valence-electron chi connectivity index (χ4n) is 1.69. The first kappa shape index (κ1) is 16.8. The Bertz CT molecular complexity index is 395. The molecule has 1 aromatic carbocycles. The van der Waals surface area contributed by atoms with Gasteiger partial charge in [0.05, 0.1) is 0 Å². The first-order chi connectivity index (χ1) is 9.08. The van der Waals surface area contributed by atoms with Crippen LogP contribution in [0, 0.1) is 6.92 Å². The third kappa shape index (κ3) is 5.69. The summed E-state index contributed by atoms with van der Waals surface area (Å²) >= 11 is 9.64. The number of aryl methyl sites for hydroxylation is 1. The molecular weight excluding hydrogens is 330 g/mol. The molecule has 0 fully saturated rings. The Labute approximate surface area is 128 Å². The van der Waals surface area contributed by atoms with Crippen LogP contribution in [0.3, 0.4) is 0 Å². The molecule has 0 saturated carbocycles. The molecule has 0 aromatic heterocycles. The smallest absolute Gasteiger partial charge is 0.159 e. The van der Waals surface area contributed by atoms with Gasteiger partial charge in [0.2, 0.25) is 0 Å². The van der Waals surface area contributed by atoms with Crippen molar-refractivity contribution >= 4 is 33.2 Å². The van der Waals surface area contributed by atoms with Crippen LogP contribution in [-0.2, 0) is 9.47 Å². The van der Waals surface area contributed by atoms with Crippen molar-refractivity contribution in [2.24, 2.45) is 0 Å². The first-order valence-electron chi connectivity index (χ1n) is 6.51. The highest BCUT2D eigenvalue weighted by Gasteiger charge is 2.08. The fraction of sp³-hybridized carbons (Fsp3) is 0.571. The van der Waals surface area contributed by atoms with Crippen LogP contribution < -0.4 is 5.32 Å². The van der Waals surface area contributed by atoms with Crippen molar-refractivity contribution < 1.29 is 9.47 Å². The monoisotopic (exact) mass is 349 g/mol. The standard InChI is InChI=1S/C14H21BrClNO2/c1-4-18-14(19-5-2)6-7-17-13-9-12(16)10(3)8-11(13)15/h8-9,14,17H,4-7H2,1-3H3. The highest BCUT2D eigenvalue weighted by Crippen LogP contribution is 2.29. The molecule has 1 N–H and O–H groups in total. The molecule has 0 aliphatic rings. The number of hydrogen-bond donors (Lipinski definition) is 1. The molecule has 1 rings (SSSR count). The maximum atomic E-state index is 6.12. The minimum atomic E-state index is -0.151. The van der Waals surface area contributed by atoms with Crippen molar-refractivity contribution in [1.82, 2.24) is 0 Å². The zero-order valence-corrected chi connectivity index (χ0v) is 14.0. The Morgan fingerprint density at radius 1 is 1.26 bits per heavy atom. The van der Waals surface area contributed by atoms with Gasteiger partial charge in [-0.05, 0) is 54.4 Å². The van der Waals surface area contributed by atoms with Crippen molar-refractivity contribution in [3.8, 4) is 0 Å². The van der Waals surface area contributed by atoms with Crippen molar-refractivity contribution in [1.29, 1.82) is 0 Å². The summed E-state index contributed by atoms with van der Waals surface area (Å²) < 4.78 is 12.0. The molecule has 19 heavy (non-hydrogen) atoms. The SMILES string of the molecule is CCOC(CCNc1cc(Cl)c(C)cc1Br)OCC. The van der Waals surface area contributed by atoms with E-state index in [1.165, 1.54) is 0 Å². The topological polar surface area (TPSA) is 30.5 Å². The molecule has 3 nitrogen and oxygen atoms in total. The van der Waals surface area contributed by atoms with Gasteiger partial charge in [-0.15, -0.1) is 0 Å². The lowest BCUT2D eigenvalue weighted by Gasteiger charge is -2.18. The second kappa shape index (κ2) is 8.80. The second-order valence-corrected chi connectivity index (χ2v) is 5.40. The molecule has 5 heteroatoms. The number of hydrogen-bond acceptors (Lipinski definition) is 3. The lowest BCUT2D eigenvalue weighted by molar-refractivity contribution is -0.137. The molecule has 0 aliphatic heterocycles. The van der Waals surface area contributed by atoms with Crippen LogP contribution in [0.25, 0.3) is 0 Å². The highest BCUT2D eigenvalue weighted by molar-refractivity contribution is 9.10. The Morgan fingerprint density at radius 2 is 1.89 bits per heavy atom. The van der Waals surface area contributed by atoms with Crippen molar-refractivity contribution in [2.45, 2.75) is 33.5 Å². The van der Waals surface area contributed by atoms with Crippen molar-refractivity contribution in [3.63, 3.8) is 0 Å². The normalized spacial score (nSPS) is 11.1. The minimum absolute atomic E-state index is 0.151. The third-order valence-corrected chi connectivity index (χ3v) is 3.71. The van der Waals surface area contributed by atoms with Gasteiger partial charge < -0.3 is 14.8 Å². The molecule has 1 aromatic rings. The Hall–Kier alpha value is -0.290. The van der Waals surface area contributed by atoms with Crippen LogP contribution >= 0.6 is 27.5 Å². The van der Waals surface area contributed by atoms with Gasteiger partial charge in [0.15, 0.2) is 6.29 Å². The molecule has 0 spiro atoms. The molecular formula is C14H21BrClNO2. The molecule has 0 bridgehead atoms. The molecule has 0 unspecified atom stereocenters. The van der Waals surface area contributed by atoms with Gasteiger partial charge in [-0.1, -0.05) is 11.6 Å². The Morgan fingerprint density at radius 3 is 2.47 bits per heavy atom. The molecule has 108 valence electrons. The van der Waals surface area contributed by atoms with E-state index in [2.05, 4.69) is 21.2 Å². The van der Waals surface area contributed by atoms with Crippen LogP contribution in [0.2, 0.25) is 5.02 Å². The summed E-state index contributed by atoms with van der Waals surface area (Å²) in [6.07, 6.45) is 0.641. The fourth-order valence-corrected chi connectivity index (χ4v) is 2.45. The van der Waals surface area contributed by atoms with Gasteiger partial charge in [0, 0.05) is 41.4 Å². The lowest BCUT2D eigenvalue weighted by Crippen LogP contribution is -2.21. The average Bonchev–Trinajstić information content (AvgIpc) is 2.36. The molecule has 0 atom stereocenters. The summed E-state index contributed by atoms with van der Waals surface area (Å²) in [6, 6.07) is 3.94. The predicted octanol–water partition coefficient (Wildman–Crippen LogP) is 4.61. The van der Waals surface area contributed by atoms with Gasteiger partial charge >= 0.3 is 0 Å². The maximum absolute atomic E-state index is 6.12. The molecule has 0 amide bonds. The Kier molecular flexibility index (Phi) is 7.76. The summed E-state index contributed by atoms with van der Waals surface area (Å²) in [4.78, 5) is 0. The van der Waals surface area contributed by atoms with E-state index < -0.39 is 0 Å².